The molecular formula is C20H20BN5O4S. The Balaban J connectivity index is 1.58. The van der Waals surface area contributed by atoms with Crippen LogP contribution in [0.15, 0.2) is 60.0 Å². The molecule has 11 heteroatoms. The van der Waals surface area contributed by atoms with E-state index in [1.165, 1.54) is 6.21 Å². The summed E-state index contributed by atoms with van der Waals surface area (Å²) in [7, 11) is -5.14. The summed E-state index contributed by atoms with van der Waals surface area (Å²) in [5, 5.41) is 19.0. The van der Waals surface area contributed by atoms with E-state index in [2.05, 4.69) is 15.4 Å². The average Bonchev–Trinajstić information content (AvgIpc) is 2.73. The van der Waals surface area contributed by atoms with Crippen molar-refractivity contribution < 1.29 is 18.2 Å². The zero-order valence-corrected chi connectivity index (χ0v) is 17.5. The first-order chi connectivity index (χ1) is 14.8. The molecule has 1 unspecified atom stereocenters. The molecule has 2 aromatic carbocycles. The number of hydrazone groups is 1. The maximum Gasteiger partial charge on any atom is 0.483 e. The minimum Gasteiger partial charge on any atom is -0.427 e. The SMILES string of the molecule is CS(=O)(=O)N1N=Cc2cc(C(CN)C(=O)Nc3ccc4cnccc4c3)ccc2B1O. The molecule has 0 saturated heterocycles. The van der Waals surface area contributed by atoms with Crippen LogP contribution in [0.5, 0.6) is 0 Å². The second kappa shape index (κ2) is 8.10. The van der Waals surface area contributed by atoms with Crippen molar-refractivity contribution in [2.75, 3.05) is 18.1 Å². The second-order valence-corrected chi connectivity index (χ2v) is 9.10. The Hall–Kier alpha value is -3.28. The Bertz CT molecular complexity index is 1300. The molecule has 0 fully saturated rings. The quantitative estimate of drug-likeness (QED) is 0.488. The third-order valence-electron chi connectivity index (χ3n) is 5.11. The smallest absolute Gasteiger partial charge is 0.427 e. The van der Waals surface area contributed by atoms with Gasteiger partial charge in [0.1, 0.15) is 0 Å². The van der Waals surface area contributed by atoms with E-state index in [0.29, 0.717) is 26.6 Å². The van der Waals surface area contributed by atoms with Crippen LogP contribution in [0.4, 0.5) is 5.69 Å². The largest absolute Gasteiger partial charge is 0.483 e. The Kier molecular flexibility index (Phi) is 5.48. The molecule has 1 aliphatic heterocycles. The molecule has 0 aliphatic carbocycles. The van der Waals surface area contributed by atoms with Gasteiger partial charge in [-0.05, 0) is 46.2 Å². The van der Waals surface area contributed by atoms with Gasteiger partial charge in [-0.3, -0.25) is 9.78 Å². The van der Waals surface area contributed by atoms with Crippen LogP contribution in [0.25, 0.3) is 10.8 Å². The predicted molar refractivity (Wildman–Crippen MR) is 120 cm³/mol. The zero-order chi connectivity index (χ0) is 22.2. The van der Waals surface area contributed by atoms with Gasteiger partial charge < -0.3 is 16.1 Å². The van der Waals surface area contributed by atoms with E-state index in [-0.39, 0.29) is 12.5 Å². The second-order valence-electron chi connectivity index (χ2n) is 7.26. The fourth-order valence-electron chi connectivity index (χ4n) is 3.51. The molecule has 1 aromatic heterocycles. The number of fused-ring (bicyclic) bond motifs is 2. The predicted octanol–water partition coefficient (Wildman–Crippen LogP) is 0.212. The van der Waals surface area contributed by atoms with Crippen molar-refractivity contribution in [1.29, 1.82) is 0 Å². The highest BCUT2D eigenvalue weighted by atomic mass is 32.2. The molecule has 1 amide bonds. The number of nitrogens with one attached hydrogen (secondary N) is 1. The van der Waals surface area contributed by atoms with Gasteiger partial charge in [0.2, 0.25) is 15.9 Å². The number of aromatic nitrogens is 1. The van der Waals surface area contributed by atoms with Crippen LogP contribution in [-0.2, 0) is 14.8 Å². The number of sulfonamides is 1. The number of pyridine rings is 1. The standard InChI is InChI=1S/C20H20BN5O4S/c1-31(29,30)26-21(28)19-5-3-14(8-16(19)12-24-26)18(10-22)20(27)25-17-4-2-15-11-23-7-6-13(15)9-17/h2-9,11-12,18,28H,10,22H2,1H3,(H,25,27). The summed E-state index contributed by atoms with van der Waals surface area (Å²) < 4.78 is 24.1. The molecular weight excluding hydrogens is 417 g/mol. The molecule has 31 heavy (non-hydrogen) atoms. The van der Waals surface area contributed by atoms with E-state index in [4.69, 9.17) is 5.73 Å². The topological polar surface area (TPSA) is 138 Å². The lowest BCUT2D eigenvalue weighted by atomic mass is 9.71. The Morgan fingerprint density at radius 2 is 2.03 bits per heavy atom. The van der Waals surface area contributed by atoms with Crippen LogP contribution in [0.2, 0.25) is 0 Å². The monoisotopic (exact) mass is 437 g/mol. The lowest BCUT2D eigenvalue weighted by molar-refractivity contribution is -0.117. The third-order valence-corrected chi connectivity index (χ3v) is 6.08. The molecule has 158 valence electrons. The number of carbonyl (C=O) groups is 1. The molecule has 4 rings (SSSR count). The van der Waals surface area contributed by atoms with E-state index in [1.54, 1.807) is 36.7 Å². The summed E-state index contributed by atoms with van der Waals surface area (Å²) in [6.07, 6.45) is 5.74. The number of nitrogens with two attached hydrogens (primary N) is 1. The average molecular weight is 437 g/mol. The number of carbonyl (C=O) groups excluding carboxylic acids is 1. The zero-order valence-electron chi connectivity index (χ0n) is 16.6. The summed E-state index contributed by atoms with van der Waals surface area (Å²) in [6.45, 7) is 0.0667. The van der Waals surface area contributed by atoms with Crippen LogP contribution in [0.3, 0.4) is 0 Å². The normalized spacial score (nSPS) is 14.4. The van der Waals surface area contributed by atoms with E-state index in [0.717, 1.165) is 17.0 Å². The van der Waals surface area contributed by atoms with Crippen molar-refractivity contribution in [3.63, 3.8) is 0 Å². The Morgan fingerprint density at radius 1 is 1.23 bits per heavy atom. The molecule has 2 heterocycles. The summed E-state index contributed by atoms with van der Waals surface area (Å²) >= 11 is 0. The van der Waals surface area contributed by atoms with Crippen LogP contribution in [0, 0.1) is 0 Å². The molecule has 0 radical (unpaired) electrons. The molecule has 9 nitrogen and oxygen atoms in total. The Morgan fingerprint density at radius 3 is 2.77 bits per heavy atom. The van der Waals surface area contributed by atoms with Gasteiger partial charge in [-0.1, -0.05) is 18.2 Å². The maximum atomic E-state index is 12.9. The van der Waals surface area contributed by atoms with Gasteiger partial charge >= 0.3 is 7.05 Å². The summed E-state index contributed by atoms with van der Waals surface area (Å²) in [5.41, 5.74) is 8.07. The molecule has 4 N–H and O–H groups in total. The van der Waals surface area contributed by atoms with Gasteiger partial charge in [-0.25, -0.2) is 12.7 Å². The molecule has 0 spiro atoms. The summed E-state index contributed by atoms with van der Waals surface area (Å²) in [5.74, 6) is -0.918. The van der Waals surface area contributed by atoms with E-state index < -0.39 is 23.0 Å². The van der Waals surface area contributed by atoms with E-state index in [1.807, 2.05) is 18.2 Å². The highest BCUT2D eigenvalue weighted by Gasteiger charge is 2.35. The van der Waals surface area contributed by atoms with Crippen LogP contribution in [0.1, 0.15) is 17.0 Å². The summed E-state index contributed by atoms with van der Waals surface area (Å²) in [4.78, 5) is 17.0. The van der Waals surface area contributed by atoms with Crippen molar-refractivity contribution in [2.24, 2.45) is 10.8 Å². The van der Waals surface area contributed by atoms with Gasteiger partial charge in [0.15, 0.2) is 0 Å². The van der Waals surface area contributed by atoms with Gasteiger partial charge in [-0.15, -0.1) is 0 Å². The lowest BCUT2D eigenvalue weighted by Gasteiger charge is -2.25. The first-order valence-electron chi connectivity index (χ1n) is 9.48. The minimum absolute atomic E-state index is 0.0667. The van der Waals surface area contributed by atoms with Gasteiger partial charge in [0.25, 0.3) is 0 Å². The highest BCUT2D eigenvalue weighted by molar-refractivity contribution is 7.89. The number of hydrogen-bond acceptors (Lipinski definition) is 7. The molecule has 3 aromatic rings. The highest BCUT2D eigenvalue weighted by Crippen LogP contribution is 2.22. The van der Waals surface area contributed by atoms with E-state index in [9.17, 15) is 18.2 Å². The number of nitrogens with zero attached hydrogens (tertiary/aromatic N) is 3. The third kappa shape index (κ3) is 4.15. The number of hydrogen-bond donors (Lipinski definition) is 3. The van der Waals surface area contributed by atoms with Gasteiger partial charge in [0, 0.05) is 30.0 Å². The Labute approximate surface area is 179 Å². The summed E-state index contributed by atoms with van der Waals surface area (Å²) in [6, 6.07) is 12.3. The van der Waals surface area contributed by atoms with Gasteiger partial charge in [-0.2, -0.15) is 5.10 Å². The molecule has 0 bridgehead atoms. The molecule has 0 saturated carbocycles. The van der Waals surface area contributed by atoms with Crippen LogP contribution in [-0.4, -0.2) is 54.7 Å². The van der Waals surface area contributed by atoms with Crippen molar-refractivity contribution in [1.82, 2.24) is 9.31 Å². The van der Waals surface area contributed by atoms with Crippen molar-refractivity contribution >= 4 is 51.1 Å². The fraction of sp³-hybridized carbons (Fsp3) is 0.150. The minimum atomic E-state index is -3.72. The van der Waals surface area contributed by atoms with Crippen LogP contribution >= 0.6 is 0 Å². The molecule has 1 aliphatic rings. The number of benzene rings is 2. The first kappa shape index (κ1) is 21.0. The van der Waals surface area contributed by atoms with Crippen molar-refractivity contribution in [3.05, 3.63) is 66.0 Å². The maximum absolute atomic E-state index is 12.9. The van der Waals surface area contributed by atoms with Crippen molar-refractivity contribution in [3.8, 4) is 0 Å². The number of amides is 1. The van der Waals surface area contributed by atoms with Crippen molar-refractivity contribution in [2.45, 2.75) is 5.92 Å². The van der Waals surface area contributed by atoms with Crippen LogP contribution < -0.4 is 16.5 Å². The first-order valence-corrected chi connectivity index (χ1v) is 11.3. The fourth-order valence-corrected chi connectivity index (χ4v) is 4.20. The molecule has 1 atom stereocenters. The number of rotatable bonds is 5. The van der Waals surface area contributed by atoms with Gasteiger partial charge in [0.05, 0.1) is 18.4 Å². The van der Waals surface area contributed by atoms with E-state index >= 15 is 0 Å². The number of anilines is 1. The lowest BCUT2D eigenvalue weighted by Crippen LogP contribution is -2.52.